The average molecular weight is 280 g/mol. The molecule has 19 heavy (non-hydrogen) atoms. The van der Waals surface area contributed by atoms with Crippen LogP contribution in [0.4, 0.5) is 0 Å². The van der Waals surface area contributed by atoms with E-state index in [1.165, 1.54) is 30.0 Å². The van der Waals surface area contributed by atoms with Gasteiger partial charge in [0.25, 0.3) is 0 Å². The Bertz CT molecular complexity index is 405. The second-order valence-corrected chi connectivity index (χ2v) is 8.07. The Hall–Kier alpha value is -0.410. The van der Waals surface area contributed by atoms with Crippen LogP contribution in [0.2, 0.25) is 0 Å². The van der Waals surface area contributed by atoms with Gasteiger partial charge in [-0.15, -0.1) is 11.3 Å². The molecule has 0 aliphatic heterocycles. The molecule has 3 heteroatoms. The minimum absolute atomic E-state index is 0.168. The second-order valence-electron chi connectivity index (χ2n) is 7.13. The Kier molecular flexibility index (Phi) is 4.67. The lowest BCUT2D eigenvalue weighted by Gasteiger charge is -2.34. The highest BCUT2D eigenvalue weighted by atomic mass is 32.1. The van der Waals surface area contributed by atoms with E-state index in [9.17, 15) is 0 Å². The van der Waals surface area contributed by atoms with Crippen molar-refractivity contribution >= 4 is 11.3 Å². The van der Waals surface area contributed by atoms with E-state index in [0.29, 0.717) is 6.04 Å². The molecule has 0 amide bonds. The molecule has 0 bridgehead atoms. The number of thiazole rings is 1. The zero-order chi connectivity index (χ0) is 14.0. The van der Waals surface area contributed by atoms with Crippen molar-refractivity contribution in [3.63, 3.8) is 0 Å². The summed E-state index contributed by atoms with van der Waals surface area (Å²) in [6.07, 6.45) is 4.09. The maximum absolute atomic E-state index is 4.77. The van der Waals surface area contributed by atoms with Crippen LogP contribution in [-0.4, -0.2) is 11.0 Å². The molecule has 0 radical (unpaired) electrons. The summed E-state index contributed by atoms with van der Waals surface area (Å²) in [6, 6.07) is 0.672. The van der Waals surface area contributed by atoms with Crippen molar-refractivity contribution in [1.29, 1.82) is 0 Å². The van der Waals surface area contributed by atoms with Crippen molar-refractivity contribution < 1.29 is 0 Å². The first-order valence-electron chi connectivity index (χ1n) is 7.56. The van der Waals surface area contributed by atoms with Crippen molar-refractivity contribution in [2.75, 3.05) is 0 Å². The summed E-state index contributed by atoms with van der Waals surface area (Å²) >= 11 is 1.79. The summed E-state index contributed by atoms with van der Waals surface area (Å²) < 4.78 is 0. The van der Waals surface area contributed by atoms with E-state index in [0.717, 1.165) is 18.4 Å². The van der Waals surface area contributed by atoms with Crippen molar-refractivity contribution in [3.05, 3.63) is 16.1 Å². The third-order valence-corrected chi connectivity index (χ3v) is 5.39. The average Bonchev–Trinajstić information content (AvgIpc) is 2.79. The summed E-state index contributed by atoms with van der Waals surface area (Å²) in [6.45, 7) is 12.4. The maximum atomic E-state index is 4.77. The Morgan fingerprint density at radius 1 is 1.32 bits per heavy atom. The molecule has 0 saturated heterocycles. The third-order valence-electron chi connectivity index (χ3n) is 4.54. The quantitative estimate of drug-likeness (QED) is 0.890. The molecule has 1 aromatic rings. The van der Waals surface area contributed by atoms with Crippen LogP contribution in [-0.2, 0) is 12.0 Å². The van der Waals surface area contributed by atoms with Crippen LogP contribution in [0.25, 0.3) is 0 Å². The van der Waals surface area contributed by atoms with Gasteiger partial charge in [-0.1, -0.05) is 47.5 Å². The lowest BCUT2D eigenvalue weighted by molar-refractivity contribution is 0.206. The fourth-order valence-corrected chi connectivity index (χ4v) is 3.80. The highest BCUT2D eigenvalue weighted by Gasteiger charge is 2.26. The first-order chi connectivity index (χ1) is 8.88. The largest absolute Gasteiger partial charge is 0.307 e. The van der Waals surface area contributed by atoms with Gasteiger partial charge in [0.2, 0.25) is 0 Å². The van der Waals surface area contributed by atoms with Crippen LogP contribution >= 0.6 is 11.3 Å². The second kappa shape index (κ2) is 5.92. The van der Waals surface area contributed by atoms with Gasteiger partial charge in [0.1, 0.15) is 5.01 Å². The molecule has 1 N–H and O–H groups in total. The molecule has 108 valence electrons. The highest BCUT2D eigenvalue weighted by molar-refractivity contribution is 7.09. The number of aromatic nitrogens is 1. The fraction of sp³-hybridized carbons (Fsp3) is 0.812. The lowest BCUT2D eigenvalue weighted by atomic mass is 9.78. The van der Waals surface area contributed by atoms with Gasteiger partial charge in [0.15, 0.2) is 0 Å². The van der Waals surface area contributed by atoms with Gasteiger partial charge in [-0.3, -0.25) is 0 Å². The number of hydrogen-bond acceptors (Lipinski definition) is 3. The van der Waals surface area contributed by atoms with E-state index < -0.39 is 0 Å². The standard InChI is InChI=1S/C16H28N2S/c1-11-7-6-8-13(12(11)2)17-9-15-18-14(10-19-15)16(3,4)5/h10-13,17H,6-9H2,1-5H3. The van der Waals surface area contributed by atoms with Gasteiger partial charge >= 0.3 is 0 Å². The van der Waals surface area contributed by atoms with Crippen molar-refractivity contribution in [3.8, 4) is 0 Å². The molecular weight excluding hydrogens is 252 g/mol. The lowest BCUT2D eigenvalue weighted by Crippen LogP contribution is -2.40. The molecule has 0 spiro atoms. The monoisotopic (exact) mass is 280 g/mol. The molecule has 2 rings (SSSR count). The summed E-state index contributed by atoms with van der Waals surface area (Å²) in [4.78, 5) is 4.77. The van der Waals surface area contributed by atoms with E-state index in [4.69, 9.17) is 4.98 Å². The number of nitrogens with one attached hydrogen (secondary N) is 1. The number of nitrogens with zero attached hydrogens (tertiary/aromatic N) is 1. The third kappa shape index (κ3) is 3.79. The summed E-state index contributed by atoms with van der Waals surface area (Å²) in [5.74, 6) is 1.64. The zero-order valence-corrected chi connectivity index (χ0v) is 13.8. The van der Waals surface area contributed by atoms with Gasteiger partial charge in [-0.2, -0.15) is 0 Å². The van der Waals surface area contributed by atoms with Gasteiger partial charge in [-0.25, -0.2) is 4.98 Å². The molecule has 1 aliphatic rings. The van der Waals surface area contributed by atoms with E-state index in [-0.39, 0.29) is 5.41 Å². The molecule has 1 aromatic heterocycles. The molecule has 1 fully saturated rings. The van der Waals surface area contributed by atoms with Gasteiger partial charge < -0.3 is 5.32 Å². The van der Waals surface area contributed by atoms with Gasteiger partial charge in [0.05, 0.1) is 5.69 Å². The number of rotatable bonds is 3. The minimum Gasteiger partial charge on any atom is -0.307 e. The Morgan fingerprint density at radius 2 is 2.05 bits per heavy atom. The van der Waals surface area contributed by atoms with Gasteiger partial charge in [-0.05, 0) is 18.3 Å². The molecular formula is C16H28N2S. The summed E-state index contributed by atoms with van der Waals surface area (Å²) in [5.41, 5.74) is 1.39. The molecule has 3 unspecified atom stereocenters. The van der Waals surface area contributed by atoms with Crippen LogP contribution < -0.4 is 5.32 Å². The zero-order valence-electron chi connectivity index (χ0n) is 13.0. The predicted molar refractivity (Wildman–Crippen MR) is 83.6 cm³/mol. The maximum Gasteiger partial charge on any atom is 0.107 e. The summed E-state index contributed by atoms with van der Waals surface area (Å²) in [7, 11) is 0. The smallest absolute Gasteiger partial charge is 0.107 e. The molecule has 0 aromatic carbocycles. The predicted octanol–water partition coefficient (Wildman–Crippen LogP) is 4.35. The van der Waals surface area contributed by atoms with Crippen molar-refractivity contribution in [2.24, 2.45) is 11.8 Å². The first-order valence-corrected chi connectivity index (χ1v) is 8.44. The number of hydrogen-bond donors (Lipinski definition) is 1. The summed E-state index contributed by atoms with van der Waals surface area (Å²) in [5, 5.41) is 7.17. The topological polar surface area (TPSA) is 24.9 Å². The van der Waals surface area contributed by atoms with Crippen LogP contribution in [0.5, 0.6) is 0 Å². The Balaban J connectivity index is 1.90. The van der Waals surface area contributed by atoms with Crippen LogP contribution in [0.1, 0.15) is 64.6 Å². The van der Waals surface area contributed by atoms with Crippen LogP contribution in [0.3, 0.4) is 0 Å². The van der Waals surface area contributed by atoms with Crippen molar-refractivity contribution in [2.45, 2.75) is 71.9 Å². The van der Waals surface area contributed by atoms with E-state index in [1.807, 2.05) is 0 Å². The SMILES string of the molecule is CC1CCCC(NCc2nc(C(C)(C)C)cs2)C1C. The Morgan fingerprint density at radius 3 is 2.68 bits per heavy atom. The van der Waals surface area contributed by atoms with Crippen molar-refractivity contribution in [1.82, 2.24) is 10.3 Å². The molecule has 1 heterocycles. The van der Waals surface area contributed by atoms with Crippen LogP contribution in [0.15, 0.2) is 5.38 Å². The Labute approximate surface area is 122 Å². The molecule has 1 aliphatic carbocycles. The normalized spacial score (nSPS) is 28.6. The molecule has 3 atom stereocenters. The minimum atomic E-state index is 0.168. The van der Waals surface area contributed by atoms with E-state index >= 15 is 0 Å². The first kappa shape index (κ1) is 15.0. The van der Waals surface area contributed by atoms with Crippen LogP contribution in [0, 0.1) is 11.8 Å². The highest BCUT2D eigenvalue weighted by Crippen LogP contribution is 2.30. The fourth-order valence-electron chi connectivity index (χ4n) is 2.83. The molecule has 1 saturated carbocycles. The van der Waals surface area contributed by atoms with E-state index in [1.54, 1.807) is 11.3 Å². The van der Waals surface area contributed by atoms with E-state index in [2.05, 4.69) is 45.3 Å². The van der Waals surface area contributed by atoms with Gasteiger partial charge in [0, 0.05) is 23.4 Å². The molecule has 2 nitrogen and oxygen atoms in total.